The quantitative estimate of drug-likeness (QED) is 0.305. The van der Waals surface area contributed by atoms with Gasteiger partial charge in [-0.1, -0.05) is 19.9 Å². The van der Waals surface area contributed by atoms with Gasteiger partial charge in [0.1, 0.15) is 29.1 Å². The van der Waals surface area contributed by atoms with Gasteiger partial charge in [0.2, 0.25) is 0 Å². The van der Waals surface area contributed by atoms with Gasteiger partial charge in [-0.15, -0.1) is 0 Å². The van der Waals surface area contributed by atoms with E-state index in [9.17, 15) is 14.7 Å². The predicted molar refractivity (Wildman–Crippen MR) is 127 cm³/mol. The van der Waals surface area contributed by atoms with Gasteiger partial charge in [0.25, 0.3) is 11.7 Å². The van der Waals surface area contributed by atoms with Gasteiger partial charge in [-0.05, 0) is 67.3 Å². The maximum atomic E-state index is 13.1. The van der Waals surface area contributed by atoms with Crippen molar-refractivity contribution in [2.75, 3.05) is 6.61 Å². The fourth-order valence-electron chi connectivity index (χ4n) is 4.00. The number of hydrogen-bond donors (Lipinski definition) is 1. The molecule has 1 aliphatic rings. The fraction of sp³-hybridized carbons (Fsp3) is 0.296. The van der Waals surface area contributed by atoms with Crippen LogP contribution in [0, 0.1) is 19.8 Å². The van der Waals surface area contributed by atoms with Crippen molar-refractivity contribution in [2.24, 2.45) is 5.92 Å². The SMILES string of the molecule is Cc1ccc(C2/C(=C(/O)c3ccc(OCC(C)C)c(C)c3)C(=O)C(=O)N2Cc2cccnc2)o1. The number of nitrogens with zero attached hydrogens (tertiary/aromatic N) is 2. The molecule has 7 nitrogen and oxygen atoms in total. The normalized spacial score (nSPS) is 17.6. The Morgan fingerprint density at radius 3 is 2.59 bits per heavy atom. The van der Waals surface area contributed by atoms with Crippen LogP contribution >= 0.6 is 0 Å². The summed E-state index contributed by atoms with van der Waals surface area (Å²) >= 11 is 0. The minimum absolute atomic E-state index is 0.00140. The second-order valence-electron chi connectivity index (χ2n) is 8.92. The standard InChI is InChI=1S/C27H28N2O5/c1-16(2)15-33-21-10-8-20(12-17(21)3)25(30)23-24(22-9-7-18(4)34-22)29(27(32)26(23)31)14-19-6-5-11-28-13-19/h5-13,16,24,30H,14-15H2,1-4H3/b25-23-. The zero-order valence-electron chi connectivity index (χ0n) is 19.7. The molecule has 2 aromatic heterocycles. The number of hydrogen-bond acceptors (Lipinski definition) is 6. The van der Waals surface area contributed by atoms with Crippen molar-refractivity contribution in [3.05, 3.63) is 88.6 Å². The second-order valence-corrected chi connectivity index (χ2v) is 8.92. The van der Waals surface area contributed by atoms with Crippen LogP contribution in [-0.2, 0) is 16.1 Å². The van der Waals surface area contributed by atoms with Crippen molar-refractivity contribution in [3.63, 3.8) is 0 Å². The number of amides is 1. The summed E-state index contributed by atoms with van der Waals surface area (Å²) in [5.41, 5.74) is 2.01. The minimum Gasteiger partial charge on any atom is -0.507 e. The lowest BCUT2D eigenvalue weighted by Gasteiger charge is -2.23. The Morgan fingerprint density at radius 1 is 1.18 bits per heavy atom. The molecule has 1 fully saturated rings. The number of likely N-dealkylation sites (tertiary alicyclic amines) is 1. The molecule has 1 N–H and O–H groups in total. The molecule has 0 spiro atoms. The summed E-state index contributed by atoms with van der Waals surface area (Å²) in [4.78, 5) is 31.7. The van der Waals surface area contributed by atoms with E-state index in [1.807, 2.05) is 13.0 Å². The number of carbonyl (C=O) groups excluding carboxylic acids is 2. The summed E-state index contributed by atoms with van der Waals surface area (Å²) in [6.07, 6.45) is 3.28. The molecule has 176 valence electrons. The van der Waals surface area contributed by atoms with Crippen molar-refractivity contribution in [2.45, 2.75) is 40.3 Å². The molecule has 0 aliphatic carbocycles. The van der Waals surface area contributed by atoms with Crippen LogP contribution in [0.25, 0.3) is 5.76 Å². The smallest absolute Gasteiger partial charge is 0.296 e. The van der Waals surface area contributed by atoms with E-state index in [4.69, 9.17) is 9.15 Å². The lowest BCUT2D eigenvalue weighted by atomic mass is 9.98. The van der Waals surface area contributed by atoms with Crippen LogP contribution in [0.5, 0.6) is 5.75 Å². The van der Waals surface area contributed by atoms with Gasteiger partial charge in [0.05, 0.1) is 12.2 Å². The number of carbonyl (C=O) groups is 2. The first kappa shape index (κ1) is 23.3. The van der Waals surface area contributed by atoms with Gasteiger partial charge in [-0.2, -0.15) is 0 Å². The molecular formula is C27H28N2O5. The highest BCUT2D eigenvalue weighted by atomic mass is 16.5. The molecule has 0 radical (unpaired) electrons. The third-order valence-electron chi connectivity index (χ3n) is 5.67. The van der Waals surface area contributed by atoms with Crippen LogP contribution in [-0.4, -0.2) is 33.3 Å². The first-order valence-corrected chi connectivity index (χ1v) is 11.2. The molecule has 4 rings (SSSR count). The molecule has 1 aliphatic heterocycles. The molecule has 1 aromatic carbocycles. The van der Waals surface area contributed by atoms with E-state index in [0.29, 0.717) is 35.4 Å². The molecule has 1 unspecified atom stereocenters. The highest BCUT2D eigenvalue weighted by Crippen LogP contribution is 2.41. The molecular weight excluding hydrogens is 432 g/mol. The topological polar surface area (TPSA) is 92.9 Å². The number of aliphatic hydroxyl groups is 1. The van der Waals surface area contributed by atoms with Gasteiger partial charge in [-0.3, -0.25) is 14.6 Å². The lowest BCUT2D eigenvalue weighted by molar-refractivity contribution is -0.140. The largest absolute Gasteiger partial charge is 0.507 e. The number of pyridine rings is 1. The predicted octanol–water partition coefficient (Wildman–Crippen LogP) is 4.95. The van der Waals surface area contributed by atoms with E-state index in [2.05, 4.69) is 18.8 Å². The van der Waals surface area contributed by atoms with Crippen LogP contribution in [0.2, 0.25) is 0 Å². The molecule has 0 bridgehead atoms. The highest BCUT2D eigenvalue weighted by Gasteiger charge is 2.47. The fourth-order valence-corrected chi connectivity index (χ4v) is 4.00. The van der Waals surface area contributed by atoms with E-state index >= 15 is 0 Å². The van der Waals surface area contributed by atoms with E-state index in [1.165, 1.54) is 4.90 Å². The Hall–Kier alpha value is -3.87. The maximum Gasteiger partial charge on any atom is 0.296 e. The van der Waals surface area contributed by atoms with E-state index in [-0.39, 0.29) is 17.9 Å². The first-order valence-electron chi connectivity index (χ1n) is 11.2. The van der Waals surface area contributed by atoms with E-state index in [0.717, 1.165) is 11.1 Å². The lowest BCUT2D eigenvalue weighted by Crippen LogP contribution is -2.29. The number of furan rings is 1. The molecule has 1 amide bonds. The van der Waals surface area contributed by atoms with Crippen LogP contribution in [0.4, 0.5) is 0 Å². The Kier molecular flexibility index (Phi) is 6.54. The van der Waals surface area contributed by atoms with Crippen LogP contribution in [0.3, 0.4) is 0 Å². The second kappa shape index (κ2) is 9.55. The summed E-state index contributed by atoms with van der Waals surface area (Å²) in [5.74, 6) is 0.446. The molecule has 1 atom stereocenters. The van der Waals surface area contributed by atoms with Crippen molar-refractivity contribution in [1.29, 1.82) is 0 Å². The number of Topliss-reactive ketones (excluding diaryl/α,β-unsaturated/α-hetero) is 1. The van der Waals surface area contributed by atoms with Crippen LogP contribution in [0.15, 0.2) is 64.8 Å². The van der Waals surface area contributed by atoms with E-state index in [1.54, 1.807) is 55.7 Å². The monoisotopic (exact) mass is 460 g/mol. The number of ketones is 1. The van der Waals surface area contributed by atoms with Crippen LogP contribution in [0.1, 0.15) is 48.1 Å². The summed E-state index contributed by atoms with van der Waals surface area (Å²) < 4.78 is 11.6. The molecule has 34 heavy (non-hydrogen) atoms. The van der Waals surface area contributed by atoms with Crippen molar-refractivity contribution in [3.8, 4) is 5.75 Å². The van der Waals surface area contributed by atoms with Gasteiger partial charge in [-0.25, -0.2) is 0 Å². The molecule has 3 heterocycles. The van der Waals surface area contributed by atoms with Crippen LogP contribution < -0.4 is 4.74 Å². The molecule has 1 saturated heterocycles. The zero-order chi connectivity index (χ0) is 24.4. The Balaban J connectivity index is 1.77. The number of benzene rings is 1. The molecule has 3 aromatic rings. The summed E-state index contributed by atoms with van der Waals surface area (Å²) in [6, 6.07) is 11.4. The van der Waals surface area contributed by atoms with Crippen molar-refractivity contribution >= 4 is 17.4 Å². The highest BCUT2D eigenvalue weighted by molar-refractivity contribution is 6.46. The minimum atomic E-state index is -0.855. The summed E-state index contributed by atoms with van der Waals surface area (Å²) in [7, 11) is 0. The number of aryl methyl sites for hydroxylation is 2. The molecule has 0 saturated carbocycles. The third kappa shape index (κ3) is 4.59. The van der Waals surface area contributed by atoms with Crippen molar-refractivity contribution < 1.29 is 23.8 Å². The summed E-state index contributed by atoms with van der Waals surface area (Å²) in [6.45, 7) is 8.52. The number of aromatic nitrogens is 1. The zero-order valence-corrected chi connectivity index (χ0v) is 19.7. The van der Waals surface area contributed by atoms with Gasteiger partial charge < -0.3 is 19.2 Å². The number of ether oxygens (including phenoxy) is 1. The van der Waals surface area contributed by atoms with Crippen molar-refractivity contribution in [1.82, 2.24) is 9.88 Å². The average molecular weight is 461 g/mol. The van der Waals surface area contributed by atoms with E-state index < -0.39 is 17.7 Å². The third-order valence-corrected chi connectivity index (χ3v) is 5.67. The number of rotatable bonds is 7. The first-order chi connectivity index (χ1) is 16.3. The van der Waals surface area contributed by atoms with Gasteiger partial charge in [0, 0.05) is 24.5 Å². The summed E-state index contributed by atoms with van der Waals surface area (Å²) in [5, 5.41) is 11.2. The van der Waals surface area contributed by atoms with Gasteiger partial charge >= 0.3 is 0 Å². The Labute approximate surface area is 198 Å². The number of aliphatic hydroxyl groups excluding tert-OH is 1. The average Bonchev–Trinajstić information content (AvgIpc) is 3.34. The van der Waals surface area contributed by atoms with Gasteiger partial charge in [0.15, 0.2) is 0 Å². The Bertz CT molecular complexity index is 1240. The molecule has 7 heteroatoms. The Morgan fingerprint density at radius 2 is 1.97 bits per heavy atom. The maximum absolute atomic E-state index is 13.1.